The van der Waals surface area contributed by atoms with Crippen LogP contribution < -0.4 is 4.90 Å². The number of esters is 2. The molecule has 5 rings (SSSR count). The van der Waals surface area contributed by atoms with Gasteiger partial charge in [-0.2, -0.15) is 4.58 Å². The van der Waals surface area contributed by atoms with Crippen molar-refractivity contribution in [2.45, 2.75) is 52.4 Å². The number of ether oxygens (including phenoxy) is 2. The number of benzene rings is 2. The lowest BCUT2D eigenvalue weighted by molar-refractivity contribution is -0.428. The smallest absolute Gasteiger partial charge is 0.372 e. The molecular formula is C34H35Br2N2O6+. The Morgan fingerprint density at radius 3 is 2.16 bits per heavy atom. The molecule has 2 aliphatic heterocycles. The number of carbonyl (C=O) groups excluding carboxylic acids is 3. The number of nitrogens with zero attached hydrogens (tertiary/aromatic N) is 2. The van der Waals surface area contributed by atoms with Crippen molar-refractivity contribution in [1.82, 2.24) is 0 Å². The second-order valence-corrected chi connectivity index (χ2v) is 13.8. The first kappa shape index (κ1) is 31.9. The maximum Gasteiger partial charge on any atom is 0.372 e. The second-order valence-electron chi connectivity index (χ2n) is 11.9. The summed E-state index contributed by atoms with van der Waals surface area (Å²) in [4.78, 5) is 40.8. The summed E-state index contributed by atoms with van der Waals surface area (Å²) < 4.78 is 14.1. The molecule has 0 atom stereocenters. The molecule has 2 aromatic rings. The van der Waals surface area contributed by atoms with E-state index < -0.39 is 22.8 Å². The third-order valence-corrected chi connectivity index (χ3v) is 9.44. The van der Waals surface area contributed by atoms with Crippen LogP contribution in [0.3, 0.4) is 0 Å². The normalized spacial score (nSPS) is 19.8. The minimum absolute atomic E-state index is 0.0363. The molecule has 0 amide bonds. The first-order chi connectivity index (χ1) is 20.7. The van der Waals surface area contributed by atoms with Gasteiger partial charge in [0.15, 0.2) is 5.71 Å². The average Bonchev–Trinajstić information content (AvgIpc) is 3.28. The van der Waals surface area contributed by atoms with Crippen LogP contribution in [0, 0.1) is 0 Å². The number of hydrogen-bond acceptors (Lipinski definition) is 7. The molecule has 10 heteroatoms. The number of halogens is 2. The van der Waals surface area contributed by atoms with Crippen LogP contribution in [0.1, 0.15) is 52.7 Å². The van der Waals surface area contributed by atoms with E-state index in [0.717, 1.165) is 31.4 Å². The molecular weight excluding hydrogens is 692 g/mol. The van der Waals surface area contributed by atoms with Gasteiger partial charge in [0.1, 0.15) is 12.3 Å². The Balaban J connectivity index is 1.60. The fourth-order valence-electron chi connectivity index (χ4n) is 6.21. The van der Waals surface area contributed by atoms with Gasteiger partial charge in [0.2, 0.25) is 18.0 Å². The molecule has 0 radical (unpaired) electrons. The monoisotopic (exact) mass is 725 g/mol. The van der Waals surface area contributed by atoms with Crippen LogP contribution in [0.2, 0.25) is 0 Å². The predicted molar refractivity (Wildman–Crippen MR) is 176 cm³/mol. The zero-order valence-corrected chi connectivity index (χ0v) is 28.8. The quantitative estimate of drug-likeness (QED) is 0.183. The zero-order chi connectivity index (χ0) is 32.1. The lowest BCUT2D eigenvalue weighted by atomic mass is 9.77. The SMILES string of the molecule is CCOC(=O)CN1C(=CC2=C(O)C(=CC3=[N+](CC(=O)OCC)c4ccc(Br)cc4C3(C)C)C2=O)C(C)(C)c2cc(Br)ccc21. The Hall–Kier alpha value is -3.50. The third-order valence-electron chi connectivity index (χ3n) is 8.45. The summed E-state index contributed by atoms with van der Waals surface area (Å²) in [5.41, 5.74) is 4.19. The van der Waals surface area contributed by atoms with E-state index in [0.29, 0.717) is 11.4 Å². The Labute approximate surface area is 274 Å². The third kappa shape index (κ3) is 5.36. The summed E-state index contributed by atoms with van der Waals surface area (Å²) in [5.74, 6) is -1.24. The lowest BCUT2D eigenvalue weighted by Crippen LogP contribution is -2.34. The molecule has 1 aliphatic carbocycles. The van der Waals surface area contributed by atoms with E-state index in [1.165, 1.54) is 0 Å². The van der Waals surface area contributed by atoms with Crippen LogP contribution in [0.5, 0.6) is 0 Å². The molecule has 0 unspecified atom stereocenters. The zero-order valence-electron chi connectivity index (χ0n) is 25.6. The number of aliphatic hydroxyl groups is 1. The number of Topliss-reactive ketones (excluding diaryl/α,β-unsaturated/α-hetero) is 1. The van der Waals surface area contributed by atoms with E-state index in [-0.39, 0.29) is 49.0 Å². The van der Waals surface area contributed by atoms with Crippen LogP contribution in [0.25, 0.3) is 0 Å². The van der Waals surface area contributed by atoms with Crippen molar-refractivity contribution in [2.75, 3.05) is 31.2 Å². The predicted octanol–water partition coefficient (Wildman–Crippen LogP) is 6.72. The minimum Gasteiger partial charge on any atom is -0.506 e. The van der Waals surface area contributed by atoms with Crippen molar-refractivity contribution in [1.29, 1.82) is 0 Å². The second kappa shape index (κ2) is 11.8. The summed E-state index contributed by atoms with van der Waals surface area (Å²) in [6, 6.07) is 11.7. The van der Waals surface area contributed by atoms with E-state index in [4.69, 9.17) is 9.47 Å². The molecule has 1 N–H and O–H groups in total. The van der Waals surface area contributed by atoms with Crippen molar-refractivity contribution in [3.63, 3.8) is 0 Å². The summed E-state index contributed by atoms with van der Waals surface area (Å²) in [6.45, 7) is 12.0. The maximum absolute atomic E-state index is 13.7. The summed E-state index contributed by atoms with van der Waals surface area (Å²) in [5, 5.41) is 11.3. The van der Waals surface area contributed by atoms with Gasteiger partial charge in [0, 0.05) is 43.5 Å². The molecule has 230 valence electrons. The van der Waals surface area contributed by atoms with Gasteiger partial charge < -0.3 is 19.5 Å². The van der Waals surface area contributed by atoms with Crippen molar-refractivity contribution < 1.29 is 33.5 Å². The van der Waals surface area contributed by atoms with Gasteiger partial charge in [-0.05, 0) is 69.7 Å². The number of allylic oxidation sites excluding steroid dienone is 5. The van der Waals surface area contributed by atoms with Crippen LogP contribution in [-0.4, -0.2) is 59.4 Å². The molecule has 0 aromatic heterocycles. The average molecular weight is 727 g/mol. The lowest BCUT2D eigenvalue weighted by Gasteiger charge is -2.28. The van der Waals surface area contributed by atoms with Crippen LogP contribution in [-0.2, 0) is 34.7 Å². The molecule has 0 bridgehead atoms. The minimum atomic E-state index is -0.577. The Kier molecular flexibility index (Phi) is 8.54. The van der Waals surface area contributed by atoms with Gasteiger partial charge >= 0.3 is 11.9 Å². The van der Waals surface area contributed by atoms with Crippen molar-refractivity contribution >= 4 is 66.7 Å². The number of fused-ring (bicyclic) bond motifs is 2. The fraction of sp³-hybridized carbons (Fsp3) is 0.353. The Morgan fingerprint density at radius 1 is 0.909 bits per heavy atom. The first-order valence-electron chi connectivity index (χ1n) is 14.5. The highest BCUT2D eigenvalue weighted by molar-refractivity contribution is 9.10. The Morgan fingerprint density at radius 2 is 1.52 bits per heavy atom. The number of anilines is 1. The number of carbonyl (C=O) groups is 3. The van der Waals surface area contributed by atoms with Gasteiger partial charge in [-0.3, -0.25) is 9.59 Å². The van der Waals surface area contributed by atoms with E-state index in [9.17, 15) is 19.5 Å². The molecule has 3 aliphatic rings. The van der Waals surface area contributed by atoms with Gasteiger partial charge in [0.25, 0.3) is 0 Å². The highest BCUT2D eigenvalue weighted by atomic mass is 79.9. The van der Waals surface area contributed by atoms with E-state index in [2.05, 4.69) is 31.9 Å². The molecule has 0 saturated carbocycles. The molecule has 2 heterocycles. The van der Waals surface area contributed by atoms with Crippen molar-refractivity contribution in [2.24, 2.45) is 0 Å². The van der Waals surface area contributed by atoms with E-state index in [1.807, 2.05) is 73.6 Å². The fourth-order valence-corrected chi connectivity index (χ4v) is 6.93. The number of ketones is 1. The number of aliphatic hydroxyl groups excluding tert-OH is 1. The van der Waals surface area contributed by atoms with Crippen molar-refractivity contribution in [3.8, 4) is 0 Å². The first-order valence-corrected chi connectivity index (χ1v) is 16.1. The van der Waals surface area contributed by atoms with Crippen molar-refractivity contribution in [3.05, 3.63) is 91.2 Å². The number of rotatable bonds is 8. The van der Waals surface area contributed by atoms with E-state index >= 15 is 0 Å². The Bertz CT molecular complexity index is 1730. The molecule has 0 saturated heterocycles. The molecule has 8 nitrogen and oxygen atoms in total. The largest absolute Gasteiger partial charge is 0.506 e. The molecule has 2 aromatic carbocycles. The number of hydrogen-bond donors (Lipinski definition) is 1. The van der Waals surface area contributed by atoms with Gasteiger partial charge in [0.05, 0.1) is 29.8 Å². The highest BCUT2D eigenvalue weighted by Gasteiger charge is 2.48. The van der Waals surface area contributed by atoms with Gasteiger partial charge in [-0.15, -0.1) is 0 Å². The summed E-state index contributed by atoms with van der Waals surface area (Å²) >= 11 is 7.10. The standard InChI is InChI=1S/C34H34Br2N2O6/c1-7-43-29(39)17-37-25-11-9-19(35)13-23(25)33(3,4)27(37)15-21-31(41)22(32(21)42)16-28-34(5,6)24-14-20(36)10-12-26(24)38(28)18-30(40)44-8-2/h9-16H,7-8,17-18H2,1-6H3/p+1. The molecule has 0 fully saturated rings. The van der Waals surface area contributed by atoms with Crippen LogP contribution in [0.4, 0.5) is 11.4 Å². The maximum atomic E-state index is 13.7. The molecule has 44 heavy (non-hydrogen) atoms. The van der Waals surface area contributed by atoms with E-state index in [1.54, 1.807) is 26.0 Å². The summed E-state index contributed by atoms with van der Waals surface area (Å²) in [6.07, 6.45) is 3.35. The van der Waals surface area contributed by atoms with Gasteiger partial charge in [-0.25, -0.2) is 4.79 Å². The van der Waals surface area contributed by atoms with Crippen LogP contribution >= 0.6 is 31.9 Å². The topological polar surface area (TPSA) is 96.2 Å². The van der Waals surface area contributed by atoms with Crippen LogP contribution in [0.15, 0.2) is 80.1 Å². The van der Waals surface area contributed by atoms with Gasteiger partial charge in [-0.1, -0.05) is 45.7 Å². The molecule has 0 spiro atoms. The summed E-state index contributed by atoms with van der Waals surface area (Å²) in [7, 11) is 0. The highest BCUT2D eigenvalue weighted by Crippen LogP contribution is 2.50.